The average Bonchev–Trinajstić information content (AvgIpc) is 3.20. The Morgan fingerprint density at radius 2 is 2.30 bits per heavy atom. The predicted molar refractivity (Wildman–Crippen MR) is 117 cm³/mol. The van der Waals surface area contributed by atoms with Gasteiger partial charge in [0.1, 0.15) is 0 Å². The maximum absolute atomic E-state index is 12.6. The van der Waals surface area contributed by atoms with E-state index in [1.165, 1.54) is 25.1 Å². The Bertz CT molecular complexity index is 793. The standard InChI is InChI=1S/C19H28N8O2S/c1-29-16(13-4-3-9-22-12-13)17(28)24-19-26-25-18(30-19)23-14-6-10-27(11-7-14)15(21)5-2-8-20/h2-5,8-9,12,14,16,19,26H,6-7,10-11,20-21H2,1H3,(H,23,25)(H,24,28)/b8-2-,15-5+. The van der Waals surface area contributed by atoms with Crippen molar-refractivity contribution in [2.75, 3.05) is 20.2 Å². The van der Waals surface area contributed by atoms with Gasteiger partial charge in [0.25, 0.3) is 5.91 Å². The molecule has 2 aliphatic heterocycles. The maximum Gasteiger partial charge on any atom is 0.255 e. The highest BCUT2D eigenvalue weighted by Crippen LogP contribution is 2.21. The van der Waals surface area contributed by atoms with Gasteiger partial charge in [0.2, 0.25) is 0 Å². The number of hydrazine groups is 1. The zero-order valence-electron chi connectivity index (χ0n) is 16.8. The second kappa shape index (κ2) is 10.9. The Morgan fingerprint density at radius 3 is 2.97 bits per heavy atom. The molecule has 1 aromatic heterocycles. The van der Waals surface area contributed by atoms with Crippen molar-refractivity contribution in [1.29, 1.82) is 0 Å². The van der Waals surface area contributed by atoms with Crippen LogP contribution in [0.4, 0.5) is 0 Å². The number of aliphatic imine (C=N–C) groups is 1. The number of hydrogen-bond acceptors (Lipinski definition) is 9. The molecule has 0 spiro atoms. The second-order valence-corrected chi connectivity index (χ2v) is 7.90. The number of carbonyl (C=O) groups excluding carboxylic acids is 1. The van der Waals surface area contributed by atoms with Crippen LogP contribution in [0.3, 0.4) is 0 Å². The van der Waals surface area contributed by atoms with Crippen molar-refractivity contribution in [1.82, 2.24) is 26.1 Å². The van der Waals surface area contributed by atoms with Crippen molar-refractivity contribution in [3.05, 3.63) is 54.3 Å². The van der Waals surface area contributed by atoms with E-state index in [9.17, 15) is 4.79 Å². The molecule has 3 rings (SSSR count). The molecule has 1 amide bonds. The molecule has 3 heterocycles. The highest BCUT2D eigenvalue weighted by molar-refractivity contribution is 8.14. The quantitative estimate of drug-likeness (QED) is 0.379. The number of methoxy groups -OCH3 is 1. The van der Waals surface area contributed by atoms with Crippen LogP contribution >= 0.6 is 11.8 Å². The molecule has 0 bridgehead atoms. The molecular weight excluding hydrogens is 404 g/mol. The molecule has 11 heteroatoms. The van der Waals surface area contributed by atoms with Crippen molar-refractivity contribution in [2.45, 2.75) is 30.5 Å². The van der Waals surface area contributed by atoms with Crippen molar-refractivity contribution in [3.8, 4) is 0 Å². The number of rotatable bonds is 7. The summed E-state index contributed by atoms with van der Waals surface area (Å²) in [5.74, 6) is 0.461. The first-order valence-corrected chi connectivity index (χ1v) is 10.6. The van der Waals surface area contributed by atoms with Crippen LogP contribution in [0.2, 0.25) is 0 Å². The van der Waals surface area contributed by atoms with Gasteiger partial charge >= 0.3 is 0 Å². The smallest absolute Gasteiger partial charge is 0.255 e. The molecule has 2 saturated heterocycles. The number of likely N-dealkylation sites (tertiary alicyclic amines) is 1. The summed E-state index contributed by atoms with van der Waals surface area (Å²) in [6.07, 6.45) is 9.34. The highest BCUT2D eigenvalue weighted by Gasteiger charge is 2.28. The fourth-order valence-corrected chi connectivity index (χ4v) is 4.08. The number of thioether (sulfide) groups is 1. The lowest BCUT2D eigenvalue weighted by Crippen LogP contribution is -2.45. The Labute approximate surface area is 180 Å². The number of amides is 1. The fraction of sp³-hybridized carbons (Fsp3) is 0.421. The van der Waals surface area contributed by atoms with Crippen LogP contribution in [0, 0.1) is 0 Å². The summed E-state index contributed by atoms with van der Waals surface area (Å²) in [4.78, 5) is 23.5. The normalized spacial score (nSPS) is 23.0. The molecule has 2 fully saturated rings. The number of carbonyl (C=O) groups is 1. The Morgan fingerprint density at radius 1 is 1.50 bits per heavy atom. The number of nitrogens with one attached hydrogen (secondary N) is 3. The monoisotopic (exact) mass is 432 g/mol. The van der Waals surface area contributed by atoms with E-state index in [2.05, 4.69) is 26.1 Å². The van der Waals surface area contributed by atoms with Gasteiger partial charge < -0.3 is 26.4 Å². The van der Waals surface area contributed by atoms with E-state index in [1.54, 1.807) is 30.6 Å². The third-order valence-corrected chi connectivity index (χ3v) is 5.68. The van der Waals surface area contributed by atoms with Gasteiger partial charge in [-0.1, -0.05) is 6.07 Å². The molecule has 2 aliphatic rings. The zero-order valence-corrected chi connectivity index (χ0v) is 17.6. The van der Waals surface area contributed by atoms with Gasteiger partial charge in [-0.15, -0.1) is 0 Å². The molecule has 10 nitrogen and oxygen atoms in total. The number of nitrogens with two attached hydrogens (primary N) is 2. The van der Waals surface area contributed by atoms with Gasteiger partial charge in [-0.3, -0.25) is 20.2 Å². The number of pyridine rings is 1. The lowest BCUT2D eigenvalue weighted by atomic mass is 10.1. The minimum atomic E-state index is -0.723. The zero-order chi connectivity index (χ0) is 21.3. The minimum Gasteiger partial charge on any atom is -0.405 e. The third kappa shape index (κ3) is 5.88. The second-order valence-electron chi connectivity index (χ2n) is 6.81. The summed E-state index contributed by atoms with van der Waals surface area (Å²) < 4.78 is 5.34. The molecule has 2 atom stereocenters. The topological polar surface area (TPSA) is 143 Å². The summed E-state index contributed by atoms with van der Waals surface area (Å²) in [5, 5.41) is 3.66. The summed E-state index contributed by atoms with van der Waals surface area (Å²) in [6.45, 7) is 1.67. The molecule has 162 valence electrons. The van der Waals surface area contributed by atoms with Crippen molar-refractivity contribution < 1.29 is 9.53 Å². The van der Waals surface area contributed by atoms with Gasteiger partial charge in [0.15, 0.2) is 16.8 Å². The first kappa shape index (κ1) is 21.9. The Kier molecular flexibility index (Phi) is 7.94. The third-order valence-electron chi connectivity index (χ3n) is 4.78. The van der Waals surface area contributed by atoms with Gasteiger partial charge in [-0.05, 0) is 49.0 Å². The first-order valence-electron chi connectivity index (χ1n) is 9.68. The lowest BCUT2D eigenvalue weighted by molar-refractivity contribution is -0.131. The van der Waals surface area contributed by atoms with Crippen molar-refractivity contribution >= 4 is 22.8 Å². The molecule has 0 aromatic carbocycles. The van der Waals surface area contributed by atoms with E-state index in [4.69, 9.17) is 21.2 Å². The van der Waals surface area contributed by atoms with E-state index in [1.807, 2.05) is 6.07 Å². The number of amidine groups is 1. The van der Waals surface area contributed by atoms with Crippen LogP contribution < -0.4 is 27.6 Å². The van der Waals surface area contributed by atoms with E-state index in [0.29, 0.717) is 11.4 Å². The van der Waals surface area contributed by atoms with Crippen molar-refractivity contribution in [3.63, 3.8) is 0 Å². The molecule has 1 aromatic rings. The van der Waals surface area contributed by atoms with E-state index in [-0.39, 0.29) is 17.4 Å². The van der Waals surface area contributed by atoms with Crippen LogP contribution in [-0.4, -0.2) is 52.7 Å². The minimum absolute atomic E-state index is 0.201. The molecular formula is C19H28N8O2S. The van der Waals surface area contributed by atoms with Crippen LogP contribution in [-0.2, 0) is 9.53 Å². The van der Waals surface area contributed by atoms with Crippen LogP contribution in [0.1, 0.15) is 24.5 Å². The molecule has 0 aliphatic carbocycles. The summed E-state index contributed by atoms with van der Waals surface area (Å²) >= 11 is 1.43. The fourth-order valence-electron chi connectivity index (χ4n) is 3.24. The largest absolute Gasteiger partial charge is 0.405 e. The number of aromatic nitrogens is 1. The van der Waals surface area contributed by atoms with E-state index < -0.39 is 6.10 Å². The SMILES string of the molecule is COC(C(=O)NC1NNC(=NC2CCN(/C(N)=C/C=C\N)CC2)S1)c1cccnc1. The number of piperidine rings is 1. The molecule has 30 heavy (non-hydrogen) atoms. The Hall–Kier alpha value is -2.76. The van der Waals surface area contributed by atoms with Crippen LogP contribution in [0.25, 0.3) is 0 Å². The first-order chi connectivity index (χ1) is 14.6. The molecule has 0 saturated carbocycles. The van der Waals surface area contributed by atoms with Gasteiger partial charge in [0.05, 0.1) is 11.9 Å². The Balaban J connectivity index is 1.48. The summed E-state index contributed by atoms with van der Waals surface area (Å²) in [6, 6.07) is 3.78. The van der Waals surface area contributed by atoms with Crippen LogP contribution in [0.15, 0.2) is 53.7 Å². The summed E-state index contributed by atoms with van der Waals surface area (Å²) in [7, 11) is 1.50. The number of hydrogen-bond donors (Lipinski definition) is 5. The maximum atomic E-state index is 12.6. The number of nitrogens with zero attached hydrogens (tertiary/aromatic N) is 3. The van der Waals surface area contributed by atoms with Gasteiger partial charge in [0, 0.05) is 38.2 Å². The predicted octanol–water partition coefficient (Wildman–Crippen LogP) is 0.103. The van der Waals surface area contributed by atoms with E-state index >= 15 is 0 Å². The summed E-state index contributed by atoms with van der Waals surface area (Å²) in [5.41, 5.74) is 17.8. The molecule has 2 unspecified atom stereocenters. The molecule has 7 N–H and O–H groups in total. The van der Waals surface area contributed by atoms with Crippen LogP contribution in [0.5, 0.6) is 0 Å². The van der Waals surface area contributed by atoms with E-state index in [0.717, 1.165) is 31.1 Å². The van der Waals surface area contributed by atoms with Gasteiger partial charge in [-0.2, -0.15) is 0 Å². The van der Waals surface area contributed by atoms with Gasteiger partial charge in [-0.25, -0.2) is 5.43 Å². The number of ether oxygens (including phenoxy) is 1. The molecule has 0 radical (unpaired) electrons. The number of allylic oxidation sites excluding steroid dienone is 2. The average molecular weight is 433 g/mol. The van der Waals surface area contributed by atoms with Crippen molar-refractivity contribution in [2.24, 2.45) is 16.5 Å². The highest BCUT2D eigenvalue weighted by atomic mass is 32.2. The lowest BCUT2D eigenvalue weighted by Gasteiger charge is -2.32.